The van der Waals surface area contributed by atoms with Crippen molar-refractivity contribution in [2.45, 2.75) is 39.0 Å². The average molecular weight is 359 g/mol. The van der Waals surface area contributed by atoms with Crippen molar-refractivity contribution in [3.8, 4) is 11.1 Å². The molecule has 0 aliphatic carbocycles. The first-order valence-electron chi connectivity index (χ1n) is 8.03. The third-order valence-corrected chi connectivity index (χ3v) is 4.38. The van der Waals surface area contributed by atoms with Gasteiger partial charge < -0.3 is 0 Å². The maximum atomic E-state index is 12.1. The van der Waals surface area contributed by atoms with Gasteiger partial charge in [-0.15, -0.1) is 0 Å². The van der Waals surface area contributed by atoms with Gasteiger partial charge in [0, 0.05) is 17.3 Å². The predicted molar refractivity (Wildman–Crippen MR) is 97.8 cm³/mol. The first-order chi connectivity index (χ1) is 10.7. The molecule has 0 aromatic heterocycles. The first-order valence-corrected chi connectivity index (χ1v) is 9.15. The number of rotatable bonds is 8. The largest absolute Gasteiger partial charge is 0.294 e. The van der Waals surface area contributed by atoms with Gasteiger partial charge in [0.05, 0.1) is 0 Å². The van der Waals surface area contributed by atoms with Crippen LogP contribution in [0.1, 0.15) is 48.5 Å². The maximum Gasteiger partial charge on any atom is 0.162 e. The summed E-state index contributed by atoms with van der Waals surface area (Å²) in [5.74, 6) is 0.241. The Labute approximate surface area is 141 Å². The van der Waals surface area contributed by atoms with Crippen molar-refractivity contribution < 1.29 is 4.79 Å². The summed E-state index contributed by atoms with van der Waals surface area (Å²) >= 11 is 3.39. The normalized spacial score (nSPS) is 10.6. The van der Waals surface area contributed by atoms with E-state index in [1.165, 1.54) is 23.1 Å². The predicted octanol–water partition coefficient (Wildman–Crippen LogP) is 6.05. The third kappa shape index (κ3) is 4.81. The van der Waals surface area contributed by atoms with E-state index in [2.05, 4.69) is 47.1 Å². The molecule has 116 valence electrons. The number of unbranched alkanes of at least 4 members (excludes halogenated alkanes) is 1. The molecule has 0 aliphatic heterocycles. The van der Waals surface area contributed by atoms with Gasteiger partial charge in [-0.1, -0.05) is 77.8 Å². The van der Waals surface area contributed by atoms with E-state index in [-0.39, 0.29) is 5.78 Å². The number of carbonyl (C=O) groups is 1. The summed E-state index contributed by atoms with van der Waals surface area (Å²) in [4.78, 5) is 12.1. The topological polar surface area (TPSA) is 17.1 Å². The Kier molecular flexibility index (Phi) is 6.85. The lowest BCUT2D eigenvalue weighted by atomic mass is 9.99. The fourth-order valence-electron chi connectivity index (χ4n) is 2.53. The van der Waals surface area contributed by atoms with E-state index < -0.39 is 0 Å². The number of Topliss-reactive ketones (excluding diaryl/α,β-unsaturated/α-hetero) is 1. The lowest BCUT2D eigenvalue weighted by Gasteiger charge is -2.06. The molecule has 2 heteroatoms. The fraction of sp³-hybridized carbons (Fsp3) is 0.350. The number of hydrogen-bond donors (Lipinski definition) is 0. The summed E-state index contributed by atoms with van der Waals surface area (Å²) in [6.07, 6.45) is 4.93. The molecule has 0 heterocycles. The molecule has 0 saturated heterocycles. The van der Waals surface area contributed by atoms with Crippen LogP contribution >= 0.6 is 15.9 Å². The van der Waals surface area contributed by atoms with Gasteiger partial charge in [0.2, 0.25) is 0 Å². The Morgan fingerprint density at radius 3 is 2.05 bits per heavy atom. The van der Waals surface area contributed by atoms with E-state index in [0.717, 1.165) is 30.2 Å². The molecular weight excluding hydrogens is 336 g/mol. The zero-order valence-corrected chi connectivity index (χ0v) is 14.7. The van der Waals surface area contributed by atoms with Gasteiger partial charge >= 0.3 is 0 Å². The Hall–Kier alpha value is -1.41. The van der Waals surface area contributed by atoms with E-state index in [1.54, 1.807) is 0 Å². The van der Waals surface area contributed by atoms with Gasteiger partial charge in [-0.2, -0.15) is 0 Å². The van der Waals surface area contributed by atoms with Gasteiger partial charge in [0.25, 0.3) is 0 Å². The summed E-state index contributed by atoms with van der Waals surface area (Å²) < 4.78 is 0. The summed E-state index contributed by atoms with van der Waals surface area (Å²) in [5, 5.41) is 0.966. The second kappa shape index (κ2) is 8.89. The fourth-order valence-corrected chi connectivity index (χ4v) is 2.92. The highest BCUT2D eigenvalue weighted by molar-refractivity contribution is 9.09. The van der Waals surface area contributed by atoms with Crippen molar-refractivity contribution in [3.63, 3.8) is 0 Å². The van der Waals surface area contributed by atoms with Gasteiger partial charge in [0.15, 0.2) is 5.78 Å². The molecule has 0 unspecified atom stereocenters. The summed E-state index contributed by atoms with van der Waals surface area (Å²) in [7, 11) is 0. The second-order valence-corrected chi connectivity index (χ2v) is 6.39. The van der Waals surface area contributed by atoms with Crippen LogP contribution in [0.4, 0.5) is 0 Å². The summed E-state index contributed by atoms with van der Waals surface area (Å²) in [6, 6.07) is 16.7. The van der Waals surface area contributed by atoms with Gasteiger partial charge in [-0.05, 0) is 36.0 Å². The van der Waals surface area contributed by atoms with Crippen LogP contribution in [0.5, 0.6) is 0 Å². The molecule has 0 amide bonds. The van der Waals surface area contributed by atoms with Gasteiger partial charge in [0.1, 0.15) is 0 Å². The molecule has 0 aliphatic rings. The van der Waals surface area contributed by atoms with Crippen molar-refractivity contribution >= 4 is 21.7 Å². The molecule has 0 spiro atoms. The lowest BCUT2D eigenvalue weighted by Crippen LogP contribution is -1.98. The van der Waals surface area contributed by atoms with Crippen LogP contribution < -0.4 is 0 Å². The van der Waals surface area contributed by atoms with Gasteiger partial charge in [-0.3, -0.25) is 4.79 Å². The SMILES string of the molecule is CCCc1ccc(-c2ccc(C(=O)CCCCBr)cc2)cc1. The van der Waals surface area contributed by atoms with Crippen molar-refractivity contribution in [1.82, 2.24) is 0 Å². The molecule has 0 N–H and O–H groups in total. The molecular formula is C20H23BrO. The van der Waals surface area contributed by atoms with Crippen LogP contribution in [0.25, 0.3) is 11.1 Å². The highest BCUT2D eigenvalue weighted by atomic mass is 79.9. The van der Waals surface area contributed by atoms with Gasteiger partial charge in [-0.25, -0.2) is 0 Å². The molecule has 1 nitrogen and oxygen atoms in total. The van der Waals surface area contributed by atoms with Crippen molar-refractivity contribution in [2.75, 3.05) is 5.33 Å². The summed E-state index contributed by atoms with van der Waals surface area (Å²) in [6.45, 7) is 2.20. The molecule has 2 aromatic carbocycles. The second-order valence-electron chi connectivity index (χ2n) is 5.59. The minimum absolute atomic E-state index is 0.241. The van der Waals surface area contributed by atoms with Crippen molar-refractivity contribution in [1.29, 1.82) is 0 Å². The molecule has 0 fully saturated rings. The number of halogens is 1. The highest BCUT2D eigenvalue weighted by Gasteiger charge is 2.06. The molecule has 2 rings (SSSR count). The Morgan fingerprint density at radius 2 is 1.50 bits per heavy atom. The van der Waals surface area contributed by atoms with Crippen molar-refractivity contribution in [3.05, 3.63) is 59.7 Å². The minimum atomic E-state index is 0.241. The van der Waals surface area contributed by atoms with Crippen LogP contribution in [0, 0.1) is 0 Å². The van der Waals surface area contributed by atoms with E-state index in [9.17, 15) is 4.79 Å². The Balaban J connectivity index is 2.03. The van der Waals surface area contributed by atoms with E-state index in [1.807, 2.05) is 24.3 Å². The monoisotopic (exact) mass is 358 g/mol. The number of aryl methyl sites for hydroxylation is 1. The third-order valence-electron chi connectivity index (χ3n) is 3.82. The number of ketones is 1. The molecule has 0 bridgehead atoms. The molecule has 0 atom stereocenters. The van der Waals surface area contributed by atoms with Crippen LogP contribution in [-0.2, 0) is 6.42 Å². The quantitative estimate of drug-likeness (QED) is 0.318. The zero-order valence-electron chi connectivity index (χ0n) is 13.1. The maximum absolute atomic E-state index is 12.1. The van der Waals surface area contributed by atoms with E-state index in [0.29, 0.717) is 6.42 Å². The minimum Gasteiger partial charge on any atom is -0.294 e. The van der Waals surface area contributed by atoms with Crippen LogP contribution in [0.2, 0.25) is 0 Å². The highest BCUT2D eigenvalue weighted by Crippen LogP contribution is 2.21. The van der Waals surface area contributed by atoms with E-state index >= 15 is 0 Å². The smallest absolute Gasteiger partial charge is 0.162 e. The number of carbonyl (C=O) groups excluding carboxylic acids is 1. The van der Waals surface area contributed by atoms with E-state index in [4.69, 9.17) is 0 Å². The standard InChI is InChI=1S/C20H23BrO/c1-2-5-16-7-9-17(10-8-16)18-11-13-19(14-12-18)20(22)6-3-4-15-21/h7-14H,2-6,15H2,1H3. The number of benzene rings is 2. The number of alkyl halides is 1. The zero-order chi connectivity index (χ0) is 15.8. The van der Waals surface area contributed by atoms with Crippen LogP contribution in [0.15, 0.2) is 48.5 Å². The number of hydrogen-bond acceptors (Lipinski definition) is 1. The molecule has 0 saturated carbocycles. The molecule has 0 radical (unpaired) electrons. The Morgan fingerprint density at radius 1 is 0.909 bits per heavy atom. The summed E-state index contributed by atoms with van der Waals surface area (Å²) in [5.41, 5.74) is 4.57. The lowest BCUT2D eigenvalue weighted by molar-refractivity contribution is 0.0980. The van der Waals surface area contributed by atoms with Crippen LogP contribution in [-0.4, -0.2) is 11.1 Å². The Bertz CT molecular complexity index is 584. The first kappa shape index (κ1) is 17.0. The molecule has 2 aromatic rings. The average Bonchev–Trinajstić information content (AvgIpc) is 2.56. The van der Waals surface area contributed by atoms with Crippen LogP contribution in [0.3, 0.4) is 0 Å². The van der Waals surface area contributed by atoms with Crippen molar-refractivity contribution in [2.24, 2.45) is 0 Å². The molecule has 22 heavy (non-hydrogen) atoms.